The first-order valence-electron chi connectivity index (χ1n) is 4.51. The molecule has 72 valence electrons. The van der Waals surface area contributed by atoms with Crippen LogP contribution in [-0.4, -0.2) is 11.1 Å². The van der Waals surface area contributed by atoms with Gasteiger partial charge in [-0.15, -0.1) is 0 Å². The van der Waals surface area contributed by atoms with Crippen LogP contribution in [0.25, 0.3) is 0 Å². The summed E-state index contributed by atoms with van der Waals surface area (Å²) in [5.41, 5.74) is 0.177. The lowest BCUT2D eigenvalue weighted by molar-refractivity contribution is -0.138. The summed E-state index contributed by atoms with van der Waals surface area (Å²) < 4.78 is 0. The molecule has 1 rings (SSSR count). The third-order valence-electron chi connectivity index (χ3n) is 2.34. The molecule has 2 heteroatoms. The van der Waals surface area contributed by atoms with E-state index in [1.165, 1.54) is 0 Å². The summed E-state index contributed by atoms with van der Waals surface area (Å²) in [7, 11) is 0. The molecule has 0 amide bonds. The number of aliphatic carboxylic acids is 1. The number of allylic oxidation sites excluding steroid dienone is 2. The van der Waals surface area contributed by atoms with Gasteiger partial charge in [-0.05, 0) is 11.3 Å². The van der Waals surface area contributed by atoms with Crippen molar-refractivity contribution in [1.82, 2.24) is 0 Å². The Balaban J connectivity index is 2.69. The minimum Gasteiger partial charge on any atom is -0.481 e. The van der Waals surface area contributed by atoms with Crippen molar-refractivity contribution in [1.29, 1.82) is 0 Å². The highest BCUT2D eigenvalue weighted by atomic mass is 16.4. The van der Waals surface area contributed by atoms with Gasteiger partial charge in [0, 0.05) is 0 Å². The van der Waals surface area contributed by atoms with Gasteiger partial charge in [0.1, 0.15) is 0 Å². The Bertz CT molecular complexity index is 242. The van der Waals surface area contributed by atoms with Gasteiger partial charge in [0.05, 0.1) is 5.92 Å². The van der Waals surface area contributed by atoms with E-state index in [9.17, 15) is 4.79 Å². The Kier molecular flexibility index (Phi) is 2.60. The SMILES string of the molecule is CC(C)(C)[C@H]1C=C[C@H](C(=O)O)C=C1. The second-order valence-electron chi connectivity index (χ2n) is 4.53. The van der Waals surface area contributed by atoms with Gasteiger partial charge < -0.3 is 5.11 Å². The van der Waals surface area contributed by atoms with Gasteiger partial charge in [-0.1, -0.05) is 45.1 Å². The van der Waals surface area contributed by atoms with Gasteiger partial charge in [-0.3, -0.25) is 4.79 Å². The second-order valence-corrected chi connectivity index (χ2v) is 4.53. The van der Waals surface area contributed by atoms with Gasteiger partial charge in [0.2, 0.25) is 0 Å². The molecule has 0 aromatic rings. The normalized spacial score (nSPS) is 27.6. The smallest absolute Gasteiger partial charge is 0.314 e. The summed E-state index contributed by atoms with van der Waals surface area (Å²) in [6.07, 6.45) is 7.49. The van der Waals surface area contributed by atoms with Crippen LogP contribution in [0.5, 0.6) is 0 Å². The van der Waals surface area contributed by atoms with E-state index in [2.05, 4.69) is 20.8 Å². The molecular weight excluding hydrogens is 164 g/mol. The van der Waals surface area contributed by atoms with E-state index in [4.69, 9.17) is 5.11 Å². The van der Waals surface area contributed by atoms with E-state index < -0.39 is 11.9 Å². The maximum Gasteiger partial charge on any atom is 0.314 e. The zero-order valence-corrected chi connectivity index (χ0v) is 8.32. The molecule has 0 spiro atoms. The molecule has 0 bridgehead atoms. The molecular formula is C11H16O2. The topological polar surface area (TPSA) is 37.3 Å². The lowest BCUT2D eigenvalue weighted by Crippen LogP contribution is -2.20. The highest BCUT2D eigenvalue weighted by Crippen LogP contribution is 2.31. The highest BCUT2D eigenvalue weighted by Gasteiger charge is 2.23. The summed E-state index contributed by atoms with van der Waals surface area (Å²) in [4.78, 5) is 10.6. The van der Waals surface area contributed by atoms with Crippen LogP contribution < -0.4 is 0 Å². The molecule has 0 unspecified atom stereocenters. The molecule has 1 N–H and O–H groups in total. The fourth-order valence-corrected chi connectivity index (χ4v) is 1.35. The summed E-state index contributed by atoms with van der Waals surface area (Å²) in [5, 5.41) is 8.72. The molecule has 0 aromatic heterocycles. The van der Waals surface area contributed by atoms with Gasteiger partial charge in [0.15, 0.2) is 0 Å². The number of carboxylic acid groups (broad SMARTS) is 1. The van der Waals surface area contributed by atoms with E-state index in [1.807, 2.05) is 12.2 Å². The third-order valence-corrected chi connectivity index (χ3v) is 2.34. The van der Waals surface area contributed by atoms with E-state index in [1.54, 1.807) is 12.2 Å². The van der Waals surface area contributed by atoms with Crippen molar-refractivity contribution in [3.63, 3.8) is 0 Å². The molecule has 2 nitrogen and oxygen atoms in total. The maximum absolute atomic E-state index is 10.6. The molecule has 0 saturated carbocycles. The van der Waals surface area contributed by atoms with Crippen molar-refractivity contribution in [2.24, 2.45) is 17.3 Å². The van der Waals surface area contributed by atoms with Crippen LogP contribution in [0.4, 0.5) is 0 Å². The molecule has 0 heterocycles. The lowest BCUT2D eigenvalue weighted by atomic mass is 9.77. The molecule has 0 atom stereocenters. The molecule has 0 aliphatic heterocycles. The molecule has 13 heavy (non-hydrogen) atoms. The largest absolute Gasteiger partial charge is 0.481 e. The summed E-state index contributed by atoms with van der Waals surface area (Å²) >= 11 is 0. The number of carboxylic acids is 1. The van der Waals surface area contributed by atoms with E-state index >= 15 is 0 Å². The monoisotopic (exact) mass is 180 g/mol. The summed E-state index contributed by atoms with van der Waals surface area (Å²) in [6.45, 7) is 6.44. The molecule has 1 aliphatic carbocycles. The zero-order chi connectivity index (χ0) is 10.1. The summed E-state index contributed by atoms with van der Waals surface area (Å²) in [5.74, 6) is -0.860. The van der Waals surface area contributed by atoms with E-state index in [0.717, 1.165) is 0 Å². The maximum atomic E-state index is 10.6. The average Bonchev–Trinajstić information content (AvgIpc) is 2.03. The third kappa shape index (κ3) is 2.44. The Morgan fingerprint density at radius 2 is 1.62 bits per heavy atom. The first-order valence-corrected chi connectivity index (χ1v) is 4.51. The van der Waals surface area contributed by atoms with E-state index in [0.29, 0.717) is 5.92 Å². The summed E-state index contributed by atoms with van der Waals surface area (Å²) in [6, 6.07) is 0. The highest BCUT2D eigenvalue weighted by molar-refractivity contribution is 5.74. The number of hydrogen-bond acceptors (Lipinski definition) is 1. The number of hydrogen-bond donors (Lipinski definition) is 1. The van der Waals surface area contributed by atoms with Crippen molar-refractivity contribution in [2.45, 2.75) is 20.8 Å². The van der Waals surface area contributed by atoms with Crippen LogP contribution in [0.1, 0.15) is 20.8 Å². The van der Waals surface area contributed by atoms with Gasteiger partial charge in [-0.2, -0.15) is 0 Å². The van der Waals surface area contributed by atoms with Crippen molar-refractivity contribution in [2.75, 3.05) is 0 Å². The van der Waals surface area contributed by atoms with Gasteiger partial charge in [-0.25, -0.2) is 0 Å². The molecule has 0 aromatic carbocycles. The second kappa shape index (κ2) is 3.36. The van der Waals surface area contributed by atoms with Crippen LogP contribution in [0.3, 0.4) is 0 Å². The Labute approximate surface area is 79.0 Å². The molecule has 1 aliphatic rings. The predicted octanol–water partition coefficient (Wildman–Crippen LogP) is 2.48. The fourth-order valence-electron chi connectivity index (χ4n) is 1.35. The quantitative estimate of drug-likeness (QED) is 0.629. The van der Waals surface area contributed by atoms with Crippen LogP contribution in [-0.2, 0) is 4.79 Å². The Morgan fingerprint density at radius 1 is 1.15 bits per heavy atom. The molecule has 0 fully saturated rings. The van der Waals surface area contributed by atoms with Crippen molar-refractivity contribution >= 4 is 5.97 Å². The number of carbonyl (C=O) groups is 1. The van der Waals surface area contributed by atoms with E-state index in [-0.39, 0.29) is 5.41 Å². The standard InChI is InChI=1S/C11H16O2/c1-11(2,3)9-6-4-8(5-7-9)10(12)13/h4-9H,1-3H3,(H,12,13)/t8-,9-. The predicted molar refractivity (Wildman–Crippen MR) is 52.4 cm³/mol. The average molecular weight is 180 g/mol. The zero-order valence-electron chi connectivity index (χ0n) is 8.32. The van der Waals surface area contributed by atoms with Crippen LogP contribution in [0.15, 0.2) is 24.3 Å². The van der Waals surface area contributed by atoms with Crippen molar-refractivity contribution in [3.8, 4) is 0 Å². The van der Waals surface area contributed by atoms with Crippen molar-refractivity contribution < 1.29 is 9.90 Å². The minimum absolute atomic E-state index is 0.177. The Hall–Kier alpha value is -1.05. The Morgan fingerprint density at radius 3 is 1.92 bits per heavy atom. The van der Waals surface area contributed by atoms with Gasteiger partial charge >= 0.3 is 5.97 Å². The van der Waals surface area contributed by atoms with Crippen LogP contribution in [0, 0.1) is 17.3 Å². The first-order chi connectivity index (χ1) is 5.91. The van der Waals surface area contributed by atoms with Crippen LogP contribution in [0.2, 0.25) is 0 Å². The first kappa shape index (κ1) is 10.0. The fraction of sp³-hybridized carbons (Fsp3) is 0.545. The molecule has 0 radical (unpaired) electrons. The van der Waals surface area contributed by atoms with Crippen molar-refractivity contribution in [3.05, 3.63) is 24.3 Å². The van der Waals surface area contributed by atoms with Gasteiger partial charge in [0.25, 0.3) is 0 Å². The minimum atomic E-state index is -0.778. The van der Waals surface area contributed by atoms with Crippen LogP contribution >= 0.6 is 0 Å². The number of rotatable bonds is 1. The lowest BCUT2D eigenvalue weighted by Gasteiger charge is -2.27. The molecule has 0 saturated heterocycles.